The van der Waals surface area contributed by atoms with E-state index in [4.69, 9.17) is 16.7 Å². The van der Waals surface area contributed by atoms with Crippen molar-refractivity contribution < 1.29 is 19.5 Å². The number of aliphatic carboxylic acids is 1. The molecule has 0 unspecified atom stereocenters. The van der Waals surface area contributed by atoms with Crippen LogP contribution in [0.4, 0.5) is 17.1 Å². The van der Waals surface area contributed by atoms with Crippen LogP contribution in [0.3, 0.4) is 0 Å². The Morgan fingerprint density at radius 2 is 1.68 bits per heavy atom. The fourth-order valence-electron chi connectivity index (χ4n) is 4.64. The van der Waals surface area contributed by atoms with Crippen LogP contribution >= 0.6 is 11.6 Å². The number of carbonyl (C=O) groups excluding carboxylic acids is 2. The highest BCUT2D eigenvalue weighted by molar-refractivity contribution is 6.38. The first-order chi connectivity index (χ1) is 19.1. The molecule has 9 heteroatoms. The normalized spacial score (nSPS) is 13.6. The molecule has 8 nitrogen and oxygen atoms in total. The summed E-state index contributed by atoms with van der Waals surface area (Å²) in [5.41, 5.74) is 5.64. The minimum absolute atomic E-state index is 0.0249. The second-order valence-corrected chi connectivity index (χ2v) is 10.4. The van der Waals surface area contributed by atoms with Crippen molar-refractivity contribution in [1.82, 2.24) is 4.90 Å². The van der Waals surface area contributed by atoms with Gasteiger partial charge < -0.3 is 25.5 Å². The highest BCUT2D eigenvalue weighted by Gasteiger charge is 2.28. The van der Waals surface area contributed by atoms with Crippen LogP contribution in [0.15, 0.2) is 66.7 Å². The zero-order valence-electron chi connectivity index (χ0n) is 22.8. The second-order valence-electron chi connectivity index (χ2n) is 9.98. The molecule has 3 aromatic carbocycles. The van der Waals surface area contributed by atoms with E-state index in [1.807, 2.05) is 68.7 Å². The van der Waals surface area contributed by atoms with E-state index < -0.39 is 5.97 Å². The summed E-state index contributed by atoms with van der Waals surface area (Å²) in [7, 11) is 4.01. The van der Waals surface area contributed by atoms with Crippen molar-refractivity contribution in [3.63, 3.8) is 0 Å². The minimum atomic E-state index is -0.851. The molecular formula is C31H33ClN4O4. The molecule has 208 valence electrons. The van der Waals surface area contributed by atoms with Crippen molar-refractivity contribution in [2.24, 2.45) is 0 Å². The zero-order chi connectivity index (χ0) is 28.8. The van der Waals surface area contributed by atoms with Crippen LogP contribution in [0.5, 0.6) is 0 Å². The Labute approximate surface area is 239 Å². The maximum absolute atomic E-state index is 13.2. The fourth-order valence-corrected chi connectivity index (χ4v) is 4.82. The molecule has 0 saturated carbocycles. The number of hydrogen-bond donors (Lipinski definition) is 3. The van der Waals surface area contributed by atoms with Gasteiger partial charge in [0.05, 0.1) is 17.0 Å². The Kier molecular flexibility index (Phi) is 9.24. The van der Waals surface area contributed by atoms with Crippen LogP contribution in [0.25, 0.3) is 11.3 Å². The van der Waals surface area contributed by atoms with Gasteiger partial charge in [0, 0.05) is 41.9 Å². The molecule has 1 heterocycles. The third-order valence-corrected chi connectivity index (χ3v) is 6.90. The van der Waals surface area contributed by atoms with Crippen molar-refractivity contribution >= 4 is 57.7 Å². The summed E-state index contributed by atoms with van der Waals surface area (Å²) in [4.78, 5) is 40.4. The van der Waals surface area contributed by atoms with Crippen LogP contribution in [0, 0.1) is 0 Å². The molecule has 40 heavy (non-hydrogen) atoms. The first-order valence-corrected chi connectivity index (χ1v) is 13.5. The van der Waals surface area contributed by atoms with E-state index in [1.165, 1.54) is 0 Å². The molecule has 0 aliphatic carbocycles. The summed E-state index contributed by atoms with van der Waals surface area (Å²) in [6.07, 6.45) is 1.31. The van der Waals surface area contributed by atoms with Crippen molar-refractivity contribution in [2.75, 3.05) is 42.7 Å². The lowest BCUT2D eigenvalue weighted by Gasteiger charge is -2.23. The molecule has 0 bridgehead atoms. The van der Waals surface area contributed by atoms with Gasteiger partial charge in [-0.3, -0.25) is 14.4 Å². The third kappa shape index (κ3) is 7.08. The lowest BCUT2D eigenvalue weighted by molar-refractivity contribution is -0.137. The maximum atomic E-state index is 13.2. The Bertz CT molecular complexity index is 1430. The number of carbonyl (C=O) groups is 3. The molecule has 0 radical (unpaired) electrons. The number of hydrogen-bond acceptors (Lipinski definition) is 5. The number of halogens is 1. The Morgan fingerprint density at radius 1 is 0.975 bits per heavy atom. The number of nitrogens with zero attached hydrogens (tertiary/aromatic N) is 2. The van der Waals surface area contributed by atoms with Crippen molar-refractivity contribution in [3.8, 4) is 0 Å². The van der Waals surface area contributed by atoms with Crippen LogP contribution < -0.4 is 15.5 Å². The van der Waals surface area contributed by atoms with Crippen molar-refractivity contribution in [2.45, 2.75) is 26.2 Å². The first-order valence-electron chi connectivity index (χ1n) is 13.1. The molecule has 3 aromatic rings. The van der Waals surface area contributed by atoms with Gasteiger partial charge in [0.2, 0.25) is 5.91 Å². The molecule has 2 amide bonds. The Morgan fingerprint density at radius 3 is 2.30 bits per heavy atom. The van der Waals surface area contributed by atoms with E-state index in [2.05, 4.69) is 15.5 Å². The van der Waals surface area contributed by atoms with Gasteiger partial charge in [0.25, 0.3) is 5.91 Å². The predicted molar refractivity (Wildman–Crippen MR) is 161 cm³/mol. The van der Waals surface area contributed by atoms with E-state index in [9.17, 15) is 14.4 Å². The summed E-state index contributed by atoms with van der Waals surface area (Å²) in [5, 5.41) is 15.9. The molecular weight excluding hydrogens is 528 g/mol. The average molecular weight is 561 g/mol. The van der Waals surface area contributed by atoms with E-state index in [-0.39, 0.29) is 18.2 Å². The van der Waals surface area contributed by atoms with Crippen molar-refractivity contribution in [3.05, 3.63) is 88.4 Å². The number of fused-ring (bicyclic) bond motifs is 1. The van der Waals surface area contributed by atoms with Gasteiger partial charge in [-0.15, -0.1) is 0 Å². The standard InChI is InChI=1S/C31H33ClN4O4/c1-20(37)36(18-4-17-35(2)3)25-13-11-24(12-14-25)33-30(22-8-5-21(6-9-22)7-16-28(38)39)29-26-15-10-23(32)19-27(26)34-31(29)40/h5-6,8-15,19,33H,4,7,16-18H2,1-3H3,(H,34,40)(H,38,39). The number of amides is 2. The van der Waals surface area contributed by atoms with Crippen LogP contribution in [-0.4, -0.2) is 55.0 Å². The van der Waals surface area contributed by atoms with E-state index in [0.29, 0.717) is 34.9 Å². The molecule has 0 spiro atoms. The average Bonchev–Trinajstić information content (AvgIpc) is 3.23. The van der Waals surface area contributed by atoms with Gasteiger partial charge in [0.15, 0.2) is 0 Å². The predicted octanol–water partition coefficient (Wildman–Crippen LogP) is 5.59. The molecule has 1 aliphatic heterocycles. The number of anilines is 3. The zero-order valence-corrected chi connectivity index (χ0v) is 23.6. The SMILES string of the molecule is CC(=O)N(CCCN(C)C)c1ccc(NC(=C2C(=O)Nc3cc(Cl)ccc32)c2ccc(CCC(=O)O)cc2)cc1. The summed E-state index contributed by atoms with van der Waals surface area (Å²) in [6.45, 7) is 3.06. The van der Waals surface area contributed by atoms with E-state index in [1.54, 1.807) is 24.0 Å². The number of benzene rings is 3. The Balaban J connectivity index is 1.68. The molecule has 0 aromatic heterocycles. The quantitative estimate of drug-likeness (QED) is 0.264. The highest BCUT2D eigenvalue weighted by Crippen LogP contribution is 2.39. The van der Waals surface area contributed by atoms with E-state index in [0.717, 1.165) is 41.0 Å². The molecule has 1 aliphatic rings. The topological polar surface area (TPSA) is 102 Å². The smallest absolute Gasteiger partial charge is 0.303 e. The summed E-state index contributed by atoms with van der Waals surface area (Å²) in [6, 6.07) is 20.3. The number of rotatable bonds is 11. The second kappa shape index (κ2) is 12.8. The van der Waals surface area contributed by atoms with Crippen LogP contribution in [0.1, 0.15) is 36.5 Å². The summed E-state index contributed by atoms with van der Waals surface area (Å²) >= 11 is 6.17. The van der Waals surface area contributed by atoms with Gasteiger partial charge in [-0.05, 0) is 81.0 Å². The lowest BCUT2D eigenvalue weighted by Crippen LogP contribution is -2.31. The highest BCUT2D eigenvalue weighted by atomic mass is 35.5. The van der Waals surface area contributed by atoms with E-state index >= 15 is 0 Å². The number of nitrogens with one attached hydrogen (secondary N) is 2. The lowest BCUT2D eigenvalue weighted by atomic mass is 9.98. The van der Waals surface area contributed by atoms with Gasteiger partial charge in [-0.2, -0.15) is 0 Å². The molecule has 0 fully saturated rings. The molecule has 3 N–H and O–H groups in total. The number of carboxylic acid groups (broad SMARTS) is 1. The molecule has 0 saturated heterocycles. The first kappa shape index (κ1) is 28.9. The molecule has 0 atom stereocenters. The van der Waals surface area contributed by atoms with Crippen LogP contribution in [-0.2, 0) is 20.8 Å². The summed E-state index contributed by atoms with van der Waals surface area (Å²) < 4.78 is 0. The minimum Gasteiger partial charge on any atom is -0.481 e. The van der Waals surface area contributed by atoms with Crippen LogP contribution in [0.2, 0.25) is 5.02 Å². The van der Waals surface area contributed by atoms with Crippen molar-refractivity contribution in [1.29, 1.82) is 0 Å². The van der Waals surface area contributed by atoms with Gasteiger partial charge in [0.1, 0.15) is 0 Å². The fraction of sp³-hybridized carbons (Fsp3) is 0.258. The molecule has 4 rings (SSSR count). The largest absolute Gasteiger partial charge is 0.481 e. The van der Waals surface area contributed by atoms with Gasteiger partial charge >= 0.3 is 5.97 Å². The summed E-state index contributed by atoms with van der Waals surface area (Å²) in [5.74, 6) is -1.13. The number of carboxylic acids is 1. The van der Waals surface area contributed by atoms with Gasteiger partial charge in [-0.25, -0.2) is 0 Å². The van der Waals surface area contributed by atoms with Gasteiger partial charge in [-0.1, -0.05) is 41.9 Å². The maximum Gasteiger partial charge on any atom is 0.303 e. The Hall–Kier alpha value is -4.14. The number of aryl methyl sites for hydroxylation is 1. The third-order valence-electron chi connectivity index (χ3n) is 6.66. The monoisotopic (exact) mass is 560 g/mol.